The van der Waals surface area contributed by atoms with E-state index >= 15 is 0 Å². The van der Waals surface area contributed by atoms with Gasteiger partial charge in [0, 0.05) is 0 Å². The molecule has 0 radical (unpaired) electrons. The Bertz CT molecular complexity index is 269. The molecule has 0 N–H and O–H groups in total. The monoisotopic (exact) mass is 224 g/mol. The zero-order chi connectivity index (χ0) is 9.64. The van der Waals surface area contributed by atoms with Crippen molar-refractivity contribution in [2.45, 2.75) is 36.3 Å². The summed E-state index contributed by atoms with van der Waals surface area (Å²) < 4.78 is 1.40. The van der Waals surface area contributed by atoms with Gasteiger partial charge in [-0.05, 0) is 35.6 Å². The molecule has 14 heavy (non-hydrogen) atoms. The second-order valence-electron chi connectivity index (χ2n) is 3.78. The Kier molecular flexibility index (Phi) is 4.14. The van der Waals surface area contributed by atoms with Gasteiger partial charge in [-0.1, -0.05) is 43.2 Å². The van der Waals surface area contributed by atoms with Gasteiger partial charge in [-0.3, -0.25) is 0 Å². The molecular formula is C12H16S2. The number of rotatable bonds is 3. The van der Waals surface area contributed by atoms with Crippen LogP contribution in [0.25, 0.3) is 0 Å². The highest BCUT2D eigenvalue weighted by molar-refractivity contribution is 8.03. The lowest BCUT2D eigenvalue weighted by Gasteiger charge is -2.17. The molecule has 1 saturated carbocycles. The van der Waals surface area contributed by atoms with Crippen molar-refractivity contribution in [1.29, 1.82) is 0 Å². The summed E-state index contributed by atoms with van der Waals surface area (Å²) in [5.74, 6) is 0.858. The van der Waals surface area contributed by atoms with E-state index in [-0.39, 0.29) is 0 Å². The van der Waals surface area contributed by atoms with Crippen LogP contribution in [0.3, 0.4) is 0 Å². The average Bonchev–Trinajstić information content (AvgIpc) is 2.72. The van der Waals surface area contributed by atoms with Crippen molar-refractivity contribution < 1.29 is 0 Å². The van der Waals surface area contributed by atoms with Crippen molar-refractivity contribution in [3.63, 3.8) is 0 Å². The first-order valence-corrected chi connectivity index (χ1v) is 7.08. The number of allylic oxidation sites excluding steroid dienone is 1. The molecule has 1 heterocycles. The van der Waals surface area contributed by atoms with E-state index in [4.69, 9.17) is 0 Å². The molecule has 1 aliphatic carbocycles. The molecule has 1 aromatic heterocycles. The first-order valence-electron chi connectivity index (χ1n) is 5.32. The Labute approximate surface area is 94.4 Å². The van der Waals surface area contributed by atoms with Crippen LogP contribution in [0.5, 0.6) is 0 Å². The van der Waals surface area contributed by atoms with Crippen LogP contribution >= 0.6 is 23.1 Å². The van der Waals surface area contributed by atoms with Gasteiger partial charge in [-0.25, -0.2) is 0 Å². The van der Waals surface area contributed by atoms with Gasteiger partial charge >= 0.3 is 0 Å². The van der Waals surface area contributed by atoms with Gasteiger partial charge in [0.05, 0.1) is 4.21 Å². The van der Waals surface area contributed by atoms with E-state index in [2.05, 4.69) is 29.0 Å². The number of thioether (sulfide) groups is 1. The Morgan fingerprint density at radius 2 is 2.14 bits per heavy atom. The number of hydrogen-bond donors (Lipinski definition) is 0. The minimum absolute atomic E-state index is 0.858. The maximum absolute atomic E-state index is 2.41. The van der Waals surface area contributed by atoms with Crippen molar-refractivity contribution in [2.24, 2.45) is 5.92 Å². The minimum Gasteiger partial charge on any atom is -0.137 e. The van der Waals surface area contributed by atoms with Crippen LogP contribution in [0.1, 0.15) is 32.1 Å². The van der Waals surface area contributed by atoms with E-state index in [0.29, 0.717) is 0 Å². The summed E-state index contributed by atoms with van der Waals surface area (Å²) in [5.41, 5.74) is 0. The molecule has 0 spiro atoms. The fraction of sp³-hybridized carbons (Fsp3) is 0.500. The maximum atomic E-state index is 2.41. The van der Waals surface area contributed by atoms with Crippen molar-refractivity contribution in [3.05, 3.63) is 29.0 Å². The Balaban J connectivity index is 1.76. The third-order valence-electron chi connectivity index (χ3n) is 2.68. The largest absolute Gasteiger partial charge is 0.137 e. The Morgan fingerprint density at radius 1 is 1.29 bits per heavy atom. The maximum Gasteiger partial charge on any atom is 0.0640 e. The molecule has 2 rings (SSSR count). The molecule has 0 saturated heterocycles. The van der Waals surface area contributed by atoms with Crippen molar-refractivity contribution in [2.75, 3.05) is 0 Å². The minimum atomic E-state index is 0.858. The predicted molar refractivity (Wildman–Crippen MR) is 65.9 cm³/mol. The van der Waals surface area contributed by atoms with Crippen LogP contribution < -0.4 is 0 Å². The summed E-state index contributed by atoms with van der Waals surface area (Å²) >= 11 is 3.68. The van der Waals surface area contributed by atoms with E-state index in [1.807, 2.05) is 23.1 Å². The van der Waals surface area contributed by atoms with Gasteiger partial charge in [-0.2, -0.15) is 0 Å². The van der Waals surface area contributed by atoms with Gasteiger partial charge in [0.25, 0.3) is 0 Å². The highest BCUT2D eigenvalue weighted by Crippen LogP contribution is 2.28. The van der Waals surface area contributed by atoms with E-state index < -0.39 is 0 Å². The van der Waals surface area contributed by atoms with Crippen LogP contribution in [-0.2, 0) is 0 Å². The third kappa shape index (κ3) is 3.18. The molecule has 0 aliphatic heterocycles. The average molecular weight is 224 g/mol. The number of hydrogen-bond acceptors (Lipinski definition) is 2. The molecule has 2 heteroatoms. The summed E-state index contributed by atoms with van der Waals surface area (Å²) in [5, 5.41) is 4.42. The molecule has 0 amide bonds. The summed E-state index contributed by atoms with van der Waals surface area (Å²) in [6.45, 7) is 0. The normalized spacial score (nSPS) is 19.1. The molecule has 0 aromatic carbocycles. The number of thiophene rings is 1. The molecule has 1 fully saturated rings. The SMILES string of the molecule is C(=C\C1CCCCC1)/Sc1cccs1. The van der Waals surface area contributed by atoms with E-state index in [0.717, 1.165) is 5.92 Å². The molecule has 0 unspecified atom stereocenters. The predicted octanol–water partition coefficient (Wildman–Crippen LogP) is 4.93. The molecule has 1 aromatic rings. The summed E-state index contributed by atoms with van der Waals surface area (Å²) in [7, 11) is 0. The van der Waals surface area contributed by atoms with Gasteiger partial charge < -0.3 is 0 Å². The second-order valence-corrected chi connectivity index (χ2v) is 5.93. The fourth-order valence-corrected chi connectivity index (χ4v) is 3.47. The molecule has 0 atom stereocenters. The highest BCUT2D eigenvalue weighted by atomic mass is 32.2. The molecular weight excluding hydrogens is 208 g/mol. The van der Waals surface area contributed by atoms with Gasteiger partial charge in [0.1, 0.15) is 0 Å². The van der Waals surface area contributed by atoms with Crippen molar-refractivity contribution in [1.82, 2.24) is 0 Å². The van der Waals surface area contributed by atoms with Gasteiger partial charge in [-0.15, -0.1) is 11.3 Å². The first kappa shape index (κ1) is 10.3. The second kappa shape index (κ2) is 5.62. The van der Waals surface area contributed by atoms with E-state index in [1.165, 1.54) is 36.3 Å². The first-order chi connectivity index (χ1) is 6.95. The van der Waals surface area contributed by atoms with Gasteiger partial charge in [0.15, 0.2) is 0 Å². The van der Waals surface area contributed by atoms with Crippen LogP contribution in [-0.4, -0.2) is 0 Å². The lowest BCUT2D eigenvalue weighted by Crippen LogP contribution is -2.01. The van der Waals surface area contributed by atoms with Crippen LogP contribution in [0.2, 0.25) is 0 Å². The highest BCUT2D eigenvalue weighted by Gasteiger charge is 2.09. The zero-order valence-electron chi connectivity index (χ0n) is 8.32. The quantitative estimate of drug-likeness (QED) is 0.656. The van der Waals surface area contributed by atoms with Gasteiger partial charge in [0.2, 0.25) is 0 Å². The molecule has 0 nitrogen and oxygen atoms in total. The van der Waals surface area contributed by atoms with Crippen LogP contribution in [0.15, 0.2) is 33.2 Å². The summed E-state index contributed by atoms with van der Waals surface area (Å²) in [4.78, 5) is 0. The van der Waals surface area contributed by atoms with Crippen LogP contribution in [0.4, 0.5) is 0 Å². The third-order valence-corrected chi connectivity index (χ3v) is 4.58. The lowest BCUT2D eigenvalue weighted by molar-refractivity contribution is 0.420. The molecule has 76 valence electrons. The Morgan fingerprint density at radius 3 is 2.86 bits per heavy atom. The smallest absolute Gasteiger partial charge is 0.0640 e. The van der Waals surface area contributed by atoms with Crippen molar-refractivity contribution >= 4 is 23.1 Å². The molecule has 1 aliphatic rings. The Hall–Kier alpha value is -0.210. The summed E-state index contributed by atoms with van der Waals surface area (Å²) in [6, 6.07) is 4.29. The topological polar surface area (TPSA) is 0 Å². The van der Waals surface area contributed by atoms with E-state index in [1.54, 1.807) is 0 Å². The molecule has 0 bridgehead atoms. The summed E-state index contributed by atoms with van der Waals surface area (Å²) in [6.07, 6.45) is 9.52. The zero-order valence-corrected chi connectivity index (χ0v) is 9.95. The fourth-order valence-electron chi connectivity index (χ4n) is 1.87. The van der Waals surface area contributed by atoms with Crippen molar-refractivity contribution in [3.8, 4) is 0 Å². The van der Waals surface area contributed by atoms with E-state index in [9.17, 15) is 0 Å². The van der Waals surface area contributed by atoms with Crippen LogP contribution in [0, 0.1) is 5.92 Å². The standard InChI is InChI=1S/C12H16S2/c1-2-5-11(6-3-1)8-10-14-12-7-4-9-13-12/h4,7-11H,1-3,5-6H2/b10-8+. The lowest BCUT2D eigenvalue weighted by atomic mass is 9.90.